The Hall–Kier alpha value is -1.87. The van der Waals surface area contributed by atoms with Gasteiger partial charge >= 0.3 is 0 Å². The molecular weight excluding hydrogens is 238 g/mol. The predicted octanol–water partition coefficient (Wildman–Crippen LogP) is 3.21. The van der Waals surface area contributed by atoms with E-state index in [1.54, 1.807) is 12.4 Å². The van der Waals surface area contributed by atoms with E-state index in [0.29, 0.717) is 12.7 Å². The van der Waals surface area contributed by atoms with Crippen molar-refractivity contribution >= 4 is 0 Å². The summed E-state index contributed by atoms with van der Waals surface area (Å²) in [4.78, 5) is 3.97. The van der Waals surface area contributed by atoms with Crippen molar-refractivity contribution < 1.29 is 9.47 Å². The van der Waals surface area contributed by atoms with Gasteiger partial charge in [-0.2, -0.15) is 0 Å². The summed E-state index contributed by atoms with van der Waals surface area (Å²) < 4.78 is 11.7. The van der Waals surface area contributed by atoms with Gasteiger partial charge in [-0.3, -0.25) is 4.98 Å². The van der Waals surface area contributed by atoms with Gasteiger partial charge in [0.15, 0.2) is 0 Å². The molecule has 0 spiro atoms. The fourth-order valence-electron chi connectivity index (χ4n) is 2.15. The fraction of sp³-hybridized carbons (Fsp3) is 0.312. The van der Waals surface area contributed by atoms with E-state index in [-0.39, 0.29) is 6.10 Å². The average molecular weight is 255 g/mol. The van der Waals surface area contributed by atoms with Crippen molar-refractivity contribution in [3.63, 3.8) is 0 Å². The van der Waals surface area contributed by atoms with Crippen LogP contribution in [0.25, 0.3) is 0 Å². The molecule has 0 amide bonds. The quantitative estimate of drug-likeness (QED) is 0.822. The molecular formula is C16H17NO2. The van der Waals surface area contributed by atoms with Gasteiger partial charge in [-0.05, 0) is 17.7 Å². The summed E-state index contributed by atoms with van der Waals surface area (Å²) in [6, 6.07) is 14.0. The van der Waals surface area contributed by atoms with Crippen molar-refractivity contribution in [2.45, 2.75) is 31.7 Å². The van der Waals surface area contributed by atoms with Crippen LogP contribution in [0.1, 0.15) is 18.4 Å². The van der Waals surface area contributed by atoms with E-state index in [9.17, 15) is 0 Å². The first kappa shape index (κ1) is 12.2. The van der Waals surface area contributed by atoms with Gasteiger partial charge < -0.3 is 9.47 Å². The minimum Gasteiger partial charge on any atom is -0.490 e. The number of aromatic nitrogens is 1. The third-order valence-electron chi connectivity index (χ3n) is 3.33. The summed E-state index contributed by atoms with van der Waals surface area (Å²) in [6.07, 6.45) is 6.04. The number of benzene rings is 1. The summed E-state index contributed by atoms with van der Waals surface area (Å²) in [5.74, 6) is 0.890. The molecule has 0 saturated heterocycles. The summed E-state index contributed by atoms with van der Waals surface area (Å²) in [6.45, 7) is 0.688. The lowest BCUT2D eigenvalue weighted by molar-refractivity contribution is -0.0683. The Bertz CT molecular complexity index is 495. The van der Waals surface area contributed by atoms with Gasteiger partial charge in [-0.1, -0.05) is 30.3 Å². The SMILES string of the molecule is c1ccc(CO[C@H]2C[C@@H](Oc3ccncc3)C2)cc1. The number of hydrogen-bond acceptors (Lipinski definition) is 3. The first-order valence-corrected chi connectivity index (χ1v) is 6.62. The van der Waals surface area contributed by atoms with E-state index in [4.69, 9.17) is 9.47 Å². The third kappa shape index (κ3) is 3.32. The van der Waals surface area contributed by atoms with Gasteiger partial charge in [-0.15, -0.1) is 0 Å². The molecule has 1 saturated carbocycles. The molecule has 3 nitrogen and oxygen atoms in total. The highest BCUT2D eigenvalue weighted by Crippen LogP contribution is 2.28. The number of nitrogens with zero attached hydrogens (tertiary/aromatic N) is 1. The largest absolute Gasteiger partial charge is 0.490 e. The first-order valence-electron chi connectivity index (χ1n) is 6.62. The predicted molar refractivity (Wildman–Crippen MR) is 72.9 cm³/mol. The van der Waals surface area contributed by atoms with Crippen LogP contribution < -0.4 is 4.74 Å². The summed E-state index contributed by atoms with van der Waals surface area (Å²) >= 11 is 0. The highest BCUT2D eigenvalue weighted by molar-refractivity contribution is 5.18. The second-order valence-electron chi connectivity index (χ2n) is 4.81. The lowest BCUT2D eigenvalue weighted by Crippen LogP contribution is -2.39. The van der Waals surface area contributed by atoms with Gasteiger partial charge in [0.25, 0.3) is 0 Å². The summed E-state index contributed by atoms with van der Waals surface area (Å²) in [7, 11) is 0. The standard InChI is InChI=1S/C16H17NO2/c1-2-4-13(5-3-1)12-18-15-10-16(11-15)19-14-6-8-17-9-7-14/h1-9,15-16H,10-12H2/t15-,16+. The second kappa shape index (κ2) is 5.85. The van der Waals surface area contributed by atoms with Crippen LogP contribution in [0.5, 0.6) is 5.75 Å². The zero-order chi connectivity index (χ0) is 12.9. The Morgan fingerprint density at radius 1 is 0.947 bits per heavy atom. The van der Waals surface area contributed by atoms with Gasteiger partial charge in [0.05, 0.1) is 12.7 Å². The maximum absolute atomic E-state index is 5.84. The molecule has 1 aromatic carbocycles. The molecule has 1 aromatic heterocycles. The molecule has 0 aliphatic heterocycles. The van der Waals surface area contributed by atoms with Crippen LogP contribution in [-0.2, 0) is 11.3 Å². The van der Waals surface area contributed by atoms with E-state index in [2.05, 4.69) is 17.1 Å². The summed E-state index contributed by atoms with van der Waals surface area (Å²) in [5.41, 5.74) is 1.22. The van der Waals surface area contributed by atoms with Crippen LogP contribution >= 0.6 is 0 Å². The molecule has 1 heterocycles. The fourth-order valence-corrected chi connectivity index (χ4v) is 2.15. The lowest BCUT2D eigenvalue weighted by Gasteiger charge is -2.35. The van der Waals surface area contributed by atoms with Gasteiger partial charge in [0, 0.05) is 25.2 Å². The zero-order valence-electron chi connectivity index (χ0n) is 10.7. The first-order chi connectivity index (χ1) is 9.40. The van der Waals surface area contributed by atoms with Crippen LogP contribution in [0, 0.1) is 0 Å². The Balaban J connectivity index is 1.39. The molecule has 1 fully saturated rings. The van der Waals surface area contributed by atoms with E-state index >= 15 is 0 Å². The molecule has 1 aliphatic rings. The van der Waals surface area contributed by atoms with Crippen LogP contribution in [0.3, 0.4) is 0 Å². The molecule has 3 rings (SSSR count). The molecule has 0 unspecified atom stereocenters. The van der Waals surface area contributed by atoms with E-state index in [1.165, 1.54) is 5.56 Å². The summed E-state index contributed by atoms with van der Waals surface area (Å²) in [5, 5.41) is 0. The Morgan fingerprint density at radius 3 is 2.42 bits per heavy atom. The van der Waals surface area contributed by atoms with Crippen LogP contribution in [-0.4, -0.2) is 17.2 Å². The maximum Gasteiger partial charge on any atom is 0.122 e. The number of rotatable bonds is 5. The van der Waals surface area contributed by atoms with Crippen molar-refractivity contribution in [2.24, 2.45) is 0 Å². The molecule has 1 aliphatic carbocycles. The Kier molecular flexibility index (Phi) is 3.75. The monoisotopic (exact) mass is 255 g/mol. The second-order valence-corrected chi connectivity index (χ2v) is 4.81. The molecule has 3 heteroatoms. The topological polar surface area (TPSA) is 31.4 Å². The maximum atomic E-state index is 5.84. The van der Waals surface area contributed by atoms with E-state index in [1.807, 2.05) is 30.3 Å². The smallest absolute Gasteiger partial charge is 0.122 e. The van der Waals surface area contributed by atoms with Crippen molar-refractivity contribution in [2.75, 3.05) is 0 Å². The van der Waals surface area contributed by atoms with Gasteiger partial charge in [-0.25, -0.2) is 0 Å². The van der Waals surface area contributed by atoms with Crippen molar-refractivity contribution in [3.8, 4) is 5.75 Å². The van der Waals surface area contributed by atoms with Crippen molar-refractivity contribution in [1.82, 2.24) is 4.98 Å². The minimum atomic E-state index is 0.281. The highest BCUT2D eigenvalue weighted by Gasteiger charge is 2.31. The normalized spacial score (nSPS) is 21.7. The average Bonchev–Trinajstić information content (AvgIpc) is 2.43. The molecule has 19 heavy (non-hydrogen) atoms. The lowest BCUT2D eigenvalue weighted by atomic mass is 9.92. The molecule has 0 radical (unpaired) electrons. The highest BCUT2D eigenvalue weighted by atomic mass is 16.5. The number of ether oxygens (including phenoxy) is 2. The molecule has 0 bridgehead atoms. The van der Waals surface area contributed by atoms with E-state index < -0.39 is 0 Å². The third-order valence-corrected chi connectivity index (χ3v) is 3.33. The molecule has 2 aromatic rings. The zero-order valence-corrected chi connectivity index (χ0v) is 10.7. The van der Waals surface area contributed by atoms with E-state index in [0.717, 1.165) is 18.6 Å². The molecule has 0 atom stereocenters. The van der Waals surface area contributed by atoms with Crippen molar-refractivity contribution in [1.29, 1.82) is 0 Å². The van der Waals surface area contributed by atoms with Gasteiger partial charge in [0.2, 0.25) is 0 Å². The number of hydrogen-bond donors (Lipinski definition) is 0. The Labute approximate surface area is 113 Å². The van der Waals surface area contributed by atoms with Crippen molar-refractivity contribution in [3.05, 3.63) is 60.4 Å². The van der Waals surface area contributed by atoms with Crippen LogP contribution in [0.15, 0.2) is 54.9 Å². The van der Waals surface area contributed by atoms with Crippen LogP contribution in [0.4, 0.5) is 0 Å². The number of pyridine rings is 1. The molecule has 0 N–H and O–H groups in total. The Morgan fingerprint density at radius 2 is 1.68 bits per heavy atom. The van der Waals surface area contributed by atoms with Crippen LogP contribution in [0.2, 0.25) is 0 Å². The molecule has 98 valence electrons. The van der Waals surface area contributed by atoms with Gasteiger partial charge in [0.1, 0.15) is 11.9 Å². The minimum absolute atomic E-state index is 0.281.